The van der Waals surface area contributed by atoms with E-state index in [0.717, 1.165) is 18.4 Å². The number of alkyl halides is 1. The van der Waals surface area contributed by atoms with Crippen molar-refractivity contribution in [3.05, 3.63) is 35.9 Å². The van der Waals surface area contributed by atoms with Gasteiger partial charge in [0.25, 0.3) is 10.2 Å². The Hall–Kier alpha value is -0.430. The van der Waals surface area contributed by atoms with E-state index in [1.54, 1.807) is 0 Å². The second kappa shape index (κ2) is 6.14. The Bertz CT molecular complexity index is 472. The predicted octanol–water partition coefficient (Wildman–Crippen LogP) is 2.05. The van der Waals surface area contributed by atoms with E-state index in [1.165, 1.54) is 4.31 Å². The molecule has 1 aromatic rings. The molecule has 18 heavy (non-hydrogen) atoms. The van der Waals surface area contributed by atoms with Crippen LogP contribution in [0.4, 0.5) is 0 Å². The smallest absolute Gasteiger partial charge is 0.195 e. The molecular weight excluding hydrogens is 316 g/mol. The van der Waals surface area contributed by atoms with Crippen LogP contribution in [0, 0.1) is 0 Å². The third-order valence-corrected chi connectivity index (χ3v) is 5.33. The molecule has 2 rings (SSSR count). The first-order valence-electron chi connectivity index (χ1n) is 6.02. The van der Waals surface area contributed by atoms with Crippen molar-refractivity contribution in [1.82, 2.24) is 9.03 Å². The van der Waals surface area contributed by atoms with E-state index in [1.807, 2.05) is 30.3 Å². The minimum absolute atomic E-state index is 0.225. The summed E-state index contributed by atoms with van der Waals surface area (Å²) in [5.74, 6) is 0. The van der Waals surface area contributed by atoms with Crippen LogP contribution in [0.3, 0.4) is 0 Å². The van der Waals surface area contributed by atoms with Gasteiger partial charge in [-0.3, -0.25) is 0 Å². The first-order chi connectivity index (χ1) is 8.63. The van der Waals surface area contributed by atoms with Crippen LogP contribution in [-0.2, 0) is 10.2 Å². The van der Waals surface area contributed by atoms with Gasteiger partial charge in [-0.1, -0.05) is 46.3 Å². The van der Waals surface area contributed by atoms with E-state index >= 15 is 0 Å². The van der Waals surface area contributed by atoms with Gasteiger partial charge >= 0.3 is 0 Å². The van der Waals surface area contributed by atoms with Gasteiger partial charge in [-0.15, -0.1) is 0 Å². The van der Waals surface area contributed by atoms with Crippen molar-refractivity contribution in [2.45, 2.75) is 18.9 Å². The molecule has 1 N–H and O–H groups in total. The summed E-state index contributed by atoms with van der Waals surface area (Å²) in [5.41, 5.74) is 0.970. The number of rotatable bonds is 5. The van der Waals surface area contributed by atoms with Crippen molar-refractivity contribution in [1.29, 1.82) is 0 Å². The molecule has 6 heteroatoms. The second-order valence-electron chi connectivity index (χ2n) is 4.35. The lowest BCUT2D eigenvalue weighted by molar-refractivity contribution is 0.458. The lowest BCUT2D eigenvalue weighted by Crippen LogP contribution is -2.41. The Balaban J connectivity index is 2.11. The minimum atomic E-state index is -3.37. The summed E-state index contributed by atoms with van der Waals surface area (Å²) in [6.45, 7) is 1.25. The minimum Gasteiger partial charge on any atom is -0.195 e. The van der Waals surface area contributed by atoms with Gasteiger partial charge < -0.3 is 0 Å². The van der Waals surface area contributed by atoms with Crippen LogP contribution in [0.5, 0.6) is 0 Å². The molecule has 0 amide bonds. The highest BCUT2D eigenvalue weighted by Crippen LogP contribution is 2.19. The summed E-state index contributed by atoms with van der Waals surface area (Å²) in [7, 11) is -3.37. The second-order valence-corrected chi connectivity index (χ2v) is 6.70. The Morgan fingerprint density at radius 3 is 2.39 bits per heavy atom. The molecule has 0 aromatic heterocycles. The van der Waals surface area contributed by atoms with Crippen molar-refractivity contribution >= 4 is 26.1 Å². The average Bonchev–Trinajstić information content (AvgIpc) is 2.92. The van der Waals surface area contributed by atoms with Crippen molar-refractivity contribution in [3.8, 4) is 0 Å². The van der Waals surface area contributed by atoms with Crippen molar-refractivity contribution in [3.63, 3.8) is 0 Å². The molecule has 0 spiro atoms. The number of hydrogen-bond donors (Lipinski definition) is 1. The summed E-state index contributed by atoms with van der Waals surface area (Å²) in [6, 6.07) is 9.38. The van der Waals surface area contributed by atoms with Crippen LogP contribution in [0.15, 0.2) is 30.3 Å². The van der Waals surface area contributed by atoms with Gasteiger partial charge in [0.15, 0.2) is 0 Å². The summed E-state index contributed by atoms with van der Waals surface area (Å²) in [5, 5.41) is 0.560. The van der Waals surface area contributed by atoms with Crippen LogP contribution < -0.4 is 4.72 Å². The van der Waals surface area contributed by atoms with E-state index in [9.17, 15) is 8.42 Å². The molecular formula is C12H17BrN2O2S. The maximum atomic E-state index is 12.2. The highest BCUT2D eigenvalue weighted by molar-refractivity contribution is 9.09. The molecule has 1 atom stereocenters. The predicted molar refractivity (Wildman–Crippen MR) is 75.8 cm³/mol. The van der Waals surface area contributed by atoms with Crippen LogP contribution in [0.25, 0.3) is 0 Å². The van der Waals surface area contributed by atoms with Crippen molar-refractivity contribution in [2.24, 2.45) is 0 Å². The van der Waals surface area contributed by atoms with Gasteiger partial charge in [-0.05, 0) is 18.4 Å². The number of nitrogens with one attached hydrogen (secondary N) is 1. The lowest BCUT2D eigenvalue weighted by Gasteiger charge is -2.21. The number of nitrogens with zero attached hydrogens (tertiary/aromatic N) is 1. The Morgan fingerprint density at radius 1 is 1.22 bits per heavy atom. The van der Waals surface area contributed by atoms with Gasteiger partial charge in [0.2, 0.25) is 0 Å². The van der Waals surface area contributed by atoms with Crippen LogP contribution in [0.1, 0.15) is 24.4 Å². The maximum Gasteiger partial charge on any atom is 0.280 e. The third kappa shape index (κ3) is 3.32. The maximum absolute atomic E-state index is 12.2. The molecule has 4 nitrogen and oxygen atoms in total. The van der Waals surface area contributed by atoms with Crippen LogP contribution in [0.2, 0.25) is 0 Å². The van der Waals surface area contributed by atoms with Crippen LogP contribution >= 0.6 is 15.9 Å². The molecule has 1 fully saturated rings. The van der Waals surface area contributed by atoms with Crippen molar-refractivity contribution < 1.29 is 8.42 Å². The molecule has 1 unspecified atom stereocenters. The molecule has 0 saturated carbocycles. The first kappa shape index (κ1) is 14.0. The van der Waals surface area contributed by atoms with Crippen LogP contribution in [-0.4, -0.2) is 31.1 Å². The third-order valence-electron chi connectivity index (χ3n) is 3.05. The standard InChI is InChI=1S/C12H17BrN2O2S/c13-10-12(11-6-2-1-3-7-11)14-18(16,17)15-8-4-5-9-15/h1-3,6-7,12,14H,4-5,8-10H2. The molecule has 1 aliphatic rings. The van der Waals surface area contributed by atoms with Gasteiger partial charge in [0.1, 0.15) is 0 Å². The largest absolute Gasteiger partial charge is 0.280 e. The molecule has 100 valence electrons. The number of benzene rings is 1. The van der Waals surface area contributed by atoms with Gasteiger partial charge in [0, 0.05) is 18.4 Å². The van der Waals surface area contributed by atoms with E-state index in [2.05, 4.69) is 20.7 Å². The zero-order valence-corrected chi connectivity index (χ0v) is 12.5. The monoisotopic (exact) mass is 332 g/mol. The van der Waals surface area contributed by atoms with Gasteiger partial charge in [0.05, 0.1) is 6.04 Å². The summed E-state index contributed by atoms with van der Waals surface area (Å²) < 4.78 is 28.6. The molecule has 0 aliphatic carbocycles. The van der Waals surface area contributed by atoms with E-state index in [-0.39, 0.29) is 6.04 Å². The highest BCUT2D eigenvalue weighted by atomic mass is 79.9. The quantitative estimate of drug-likeness (QED) is 0.839. The normalized spacial score (nSPS) is 18.9. The fourth-order valence-corrected chi connectivity index (χ4v) is 4.27. The number of halogens is 1. The Labute approximate surface area is 117 Å². The highest BCUT2D eigenvalue weighted by Gasteiger charge is 2.27. The number of hydrogen-bond acceptors (Lipinski definition) is 2. The Morgan fingerprint density at radius 2 is 1.83 bits per heavy atom. The molecule has 1 saturated heterocycles. The SMILES string of the molecule is O=S(=O)(NC(CBr)c1ccccc1)N1CCCC1. The topological polar surface area (TPSA) is 49.4 Å². The van der Waals surface area contributed by atoms with Gasteiger partial charge in [-0.2, -0.15) is 17.4 Å². The van der Waals surface area contributed by atoms with E-state index in [4.69, 9.17) is 0 Å². The van der Waals surface area contributed by atoms with E-state index in [0.29, 0.717) is 18.4 Å². The molecule has 0 radical (unpaired) electrons. The van der Waals surface area contributed by atoms with Gasteiger partial charge in [-0.25, -0.2) is 0 Å². The van der Waals surface area contributed by atoms with E-state index < -0.39 is 10.2 Å². The fourth-order valence-electron chi connectivity index (χ4n) is 2.06. The Kier molecular flexibility index (Phi) is 4.77. The summed E-state index contributed by atoms with van der Waals surface area (Å²) >= 11 is 3.37. The molecule has 0 bridgehead atoms. The van der Waals surface area contributed by atoms with Crippen molar-refractivity contribution in [2.75, 3.05) is 18.4 Å². The summed E-state index contributed by atoms with van der Waals surface area (Å²) in [6.07, 6.45) is 1.90. The lowest BCUT2D eigenvalue weighted by atomic mass is 10.1. The zero-order chi connectivity index (χ0) is 13.0. The molecule has 1 heterocycles. The fraction of sp³-hybridized carbons (Fsp3) is 0.500. The average molecular weight is 333 g/mol. The zero-order valence-electron chi connectivity index (χ0n) is 10.0. The summed E-state index contributed by atoms with van der Waals surface area (Å²) in [4.78, 5) is 0. The molecule has 1 aliphatic heterocycles. The first-order valence-corrected chi connectivity index (χ1v) is 8.58. The molecule has 1 aromatic carbocycles.